The Bertz CT molecular complexity index is 990. The Kier molecular flexibility index (Phi) is 3.58. The second-order valence-electron chi connectivity index (χ2n) is 5.63. The third-order valence-corrected chi connectivity index (χ3v) is 4.19. The van der Waals surface area contributed by atoms with Gasteiger partial charge in [-0.05, 0) is 24.3 Å². The highest BCUT2D eigenvalue weighted by atomic mass is 16.5. The highest BCUT2D eigenvalue weighted by molar-refractivity contribution is 6.30. The molecule has 122 valence electrons. The minimum atomic E-state index is -0.241. The maximum absolute atomic E-state index is 13.0. The number of rotatable bonds is 3. The smallest absolute Gasteiger partial charge is 0.198 e. The normalized spacial score (nSPS) is 12.4. The number of para-hydroxylation sites is 1. The van der Waals surface area contributed by atoms with Gasteiger partial charge in [-0.3, -0.25) is 9.59 Å². The molecule has 3 aromatic carbocycles. The molecule has 0 saturated carbocycles. The van der Waals surface area contributed by atoms with Crippen molar-refractivity contribution in [1.82, 2.24) is 0 Å². The average molecular weight is 330 g/mol. The van der Waals surface area contributed by atoms with Crippen molar-refractivity contribution in [3.63, 3.8) is 0 Å². The number of methoxy groups -OCH3 is 1. The van der Waals surface area contributed by atoms with E-state index in [0.717, 1.165) is 0 Å². The van der Waals surface area contributed by atoms with Gasteiger partial charge in [-0.2, -0.15) is 0 Å². The van der Waals surface area contributed by atoms with Gasteiger partial charge in [0.2, 0.25) is 0 Å². The van der Waals surface area contributed by atoms with Crippen molar-refractivity contribution in [3.8, 4) is 17.2 Å². The summed E-state index contributed by atoms with van der Waals surface area (Å²) < 4.78 is 11.2. The molecule has 4 nitrogen and oxygen atoms in total. The predicted octanol–water partition coefficient (Wildman–Crippen LogP) is 4.26. The third-order valence-electron chi connectivity index (χ3n) is 4.19. The molecule has 25 heavy (non-hydrogen) atoms. The SMILES string of the molecule is COc1ccc(Oc2ccccc2)c2c1C(=O)c1ccccc1C2=O. The van der Waals surface area contributed by atoms with Crippen molar-refractivity contribution in [3.05, 3.63) is 89.0 Å². The molecule has 0 atom stereocenters. The zero-order valence-corrected chi connectivity index (χ0v) is 13.5. The van der Waals surface area contributed by atoms with Crippen LogP contribution in [-0.4, -0.2) is 18.7 Å². The first-order valence-corrected chi connectivity index (χ1v) is 7.83. The van der Waals surface area contributed by atoms with E-state index in [1.165, 1.54) is 7.11 Å². The van der Waals surface area contributed by atoms with Crippen LogP contribution in [0.15, 0.2) is 66.7 Å². The van der Waals surface area contributed by atoms with Crippen molar-refractivity contribution >= 4 is 11.6 Å². The summed E-state index contributed by atoms with van der Waals surface area (Å²) in [5.74, 6) is 0.822. The van der Waals surface area contributed by atoms with Crippen molar-refractivity contribution < 1.29 is 19.1 Å². The number of benzene rings is 3. The van der Waals surface area contributed by atoms with E-state index in [2.05, 4.69) is 0 Å². The summed E-state index contributed by atoms with van der Waals surface area (Å²) in [6.45, 7) is 0. The summed E-state index contributed by atoms with van der Waals surface area (Å²) in [7, 11) is 1.48. The second-order valence-corrected chi connectivity index (χ2v) is 5.63. The van der Waals surface area contributed by atoms with Gasteiger partial charge < -0.3 is 9.47 Å². The number of fused-ring (bicyclic) bond motifs is 2. The third kappa shape index (κ3) is 2.39. The predicted molar refractivity (Wildman–Crippen MR) is 92.8 cm³/mol. The van der Waals surface area contributed by atoms with Gasteiger partial charge in [0, 0.05) is 11.1 Å². The minimum Gasteiger partial charge on any atom is -0.496 e. The molecule has 0 spiro atoms. The van der Waals surface area contributed by atoms with Gasteiger partial charge in [0.25, 0.3) is 0 Å². The fraction of sp³-hybridized carbons (Fsp3) is 0.0476. The van der Waals surface area contributed by atoms with Crippen molar-refractivity contribution in [2.75, 3.05) is 7.11 Å². The van der Waals surface area contributed by atoms with E-state index in [9.17, 15) is 9.59 Å². The zero-order chi connectivity index (χ0) is 17.4. The fourth-order valence-electron chi connectivity index (χ4n) is 3.03. The van der Waals surface area contributed by atoms with Gasteiger partial charge in [0.1, 0.15) is 17.2 Å². The molecule has 0 aromatic heterocycles. The molecular weight excluding hydrogens is 316 g/mol. The van der Waals surface area contributed by atoms with Crippen LogP contribution in [0.3, 0.4) is 0 Å². The maximum Gasteiger partial charge on any atom is 0.198 e. The minimum absolute atomic E-state index is 0.236. The number of ketones is 2. The molecular formula is C21H14O4. The summed E-state index contributed by atoms with van der Waals surface area (Å²) in [4.78, 5) is 26.0. The number of carbonyl (C=O) groups is 2. The molecule has 0 bridgehead atoms. The lowest BCUT2D eigenvalue weighted by Gasteiger charge is -2.22. The number of carbonyl (C=O) groups excluding carboxylic acids is 2. The van der Waals surface area contributed by atoms with Crippen molar-refractivity contribution in [2.24, 2.45) is 0 Å². The molecule has 0 heterocycles. The van der Waals surface area contributed by atoms with Crippen LogP contribution in [-0.2, 0) is 0 Å². The van der Waals surface area contributed by atoms with E-state index in [4.69, 9.17) is 9.47 Å². The van der Waals surface area contributed by atoms with E-state index >= 15 is 0 Å². The number of hydrogen-bond acceptors (Lipinski definition) is 4. The Balaban J connectivity index is 1.93. The lowest BCUT2D eigenvalue weighted by atomic mass is 9.83. The molecule has 4 rings (SSSR count). The lowest BCUT2D eigenvalue weighted by molar-refractivity contribution is 0.0974. The standard InChI is InChI=1S/C21H14O4/c1-24-16-11-12-17(25-13-7-3-2-4-8-13)19-18(16)20(22)14-9-5-6-10-15(14)21(19)23/h2-12H,1H3. The van der Waals surface area contributed by atoms with E-state index in [1.807, 2.05) is 18.2 Å². The Morgan fingerprint density at radius 2 is 1.16 bits per heavy atom. The monoisotopic (exact) mass is 330 g/mol. The number of hydrogen-bond donors (Lipinski definition) is 0. The van der Waals surface area contributed by atoms with Gasteiger partial charge in [0.15, 0.2) is 11.6 Å². The molecule has 0 fully saturated rings. The van der Waals surface area contributed by atoms with Crippen LogP contribution in [0, 0.1) is 0 Å². The lowest BCUT2D eigenvalue weighted by Crippen LogP contribution is -2.22. The van der Waals surface area contributed by atoms with Crippen LogP contribution >= 0.6 is 0 Å². The highest BCUT2D eigenvalue weighted by Gasteiger charge is 2.35. The van der Waals surface area contributed by atoms with Gasteiger partial charge >= 0.3 is 0 Å². The van der Waals surface area contributed by atoms with E-state index in [1.54, 1.807) is 48.5 Å². The molecule has 0 unspecified atom stereocenters. The maximum atomic E-state index is 13.0. The summed E-state index contributed by atoms with van der Waals surface area (Å²) in [5, 5.41) is 0. The summed E-state index contributed by atoms with van der Waals surface area (Å²) in [6.07, 6.45) is 0. The van der Waals surface area contributed by atoms with Gasteiger partial charge in [-0.15, -0.1) is 0 Å². The molecule has 0 radical (unpaired) electrons. The van der Waals surface area contributed by atoms with Crippen LogP contribution in [0.25, 0.3) is 0 Å². The van der Waals surface area contributed by atoms with Crippen LogP contribution < -0.4 is 9.47 Å². The summed E-state index contributed by atoms with van der Waals surface area (Å²) in [6, 6.07) is 19.2. The van der Waals surface area contributed by atoms with E-state index in [0.29, 0.717) is 28.4 Å². The summed E-state index contributed by atoms with van der Waals surface area (Å²) >= 11 is 0. The van der Waals surface area contributed by atoms with E-state index < -0.39 is 0 Å². The molecule has 3 aromatic rings. The first-order chi connectivity index (χ1) is 12.2. The Morgan fingerprint density at radius 1 is 0.640 bits per heavy atom. The van der Waals surface area contributed by atoms with Gasteiger partial charge in [0.05, 0.1) is 18.2 Å². The van der Waals surface area contributed by atoms with E-state index in [-0.39, 0.29) is 22.7 Å². The molecule has 0 aliphatic heterocycles. The molecule has 0 N–H and O–H groups in total. The number of ether oxygens (including phenoxy) is 2. The summed E-state index contributed by atoms with van der Waals surface area (Å²) in [5.41, 5.74) is 1.26. The largest absolute Gasteiger partial charge is 0.496 e. The van der Waals surface area contributed by atoms with Gasteiger partial charge in [-0.1, -0.05) is 42.5 Å². The zero-order valence-electron chi connectivity index (χ0n) is 13.5. The Labute approximate surface area is 144 Å². The van der Waals surface area contributed by atoms with Gasteiger partial charge in [-0.25, -0.2) is 0 Å². The van der Waals surface area contributed by atoms with Crippen LogP contribution in [0.5, 0.6) is 17.2 Å². The second kappa shape index (κ2) is 5.91. The molecule has 1 aliphatic carbocycles. The first-order valence-electron chi connectivity index (χ1n) is 7.83. The Morgan fingerprint density at radius 3 is 1.76 bits per heavy atom. The average Bonchev–Trinajstić information content (AvgIpc) is 2.66. The Hall–Kier alpha value is -3.40. The van der Waals surface area contributed by atoms with Crippen molar-refractivity contribution in [2.45, 2.75) is 0 Å². The van der Waals surface area contributed by atoms with Crippen molar-refractivity contribution in [1.29, 1.82) is 0 Å². The van der Waals surface area contributed by atoms with Crippen LogP contribution in [0.4, 0.5) is 0 Å². The highest BCUT2D eigenvalue weighted by Crippen LogP contribution is 2.39. The van der Waals surface area contributed by atoms with Crippen LogP contribution in [0.1, 0.15) is 31.8 Å². The quantitative estimate of drug-likeness (QED) is 0.563. The fourth-order valence-corrected chi connectivity index (χ4v) is 3.03. The molecule has 0 saturated heterocycles. The molecule has 4 heteroatoms. The van der Waals surface area contributed by atoms with Crippen LogP contribution in [0.2, 0.25) is 0 Å². The molecule has 1 aliphatic rings. The molecule has 0 amide bonds. The topological polar surface area (TPSA) is 52.6 Å². The first kappa shape index (κ1) is 15.1.